The molecule has 1 aliphatic heterocycles. The van der Waals surface area contributed by atoms with E-state index in [4.69, 9.17) is 4.74 Å². The van der Waals surface area contributed by atoms with Crippen molar-refractivity contribution in [2.75, 3.05) is 45.1 Å². The first kappa shape index (κ1) is 26.3. The number of aryl methyl sites for hydroxylation is 1. The molecule has 0 bridgehead atoms. The Morgan fingerprint density at radius 3 is 2.63 bits per heavy atom. The van der Waals surface area contributed by atoms with Crippen LogP contribution in [0.1, 0.15) is 47.7 Å². The van der Waals surface area contributed by atoms with Crippen molar-refractivity contribution < 1.29 is 17.9 Å². The molecule has 1 amide bonds. The summed E-state index contributed by atoms with van der Waals surface area (Å²) in [6, 6.07) is 12.6. The Kier molecular flexibility index (Phi) is 7.73. The maximum absolute atomic E-state index is 13.5. The average Bonchev–Trinajstić information content (AvgIpc) is 3.70. The van der Waals surface area contributed by atoms with Crippen molar-refractivity contribution >= 4 is 26.6 Å². The number of fused-ring (bicyclic) bond motifs is 1. The highest BCUT2D eigenvalue weighted by atomic mass is 32.2. The fraction of sp³-hybridized carbons (Fsp3) is 0.448. The molecule has 9 heteroatoms. The van der Waals surface area contributed by atoms with Crippen LogP contribution in [0.4, 0.5) is 0 Å². The molecular formula is C29H34N4O4S. The van der Waals surface area contributed by atoms with Gasteiger partial charge in [0.1, 0.15) is 5.75 Å². The maximum Gasteiger partial charge on any atom is 0.257 e. The van der Waals surface area contributed by atoms with Gasteiger partial charge >= 0.3 is 0 Å². The number of carbonyl (C=O) groups excluding carboxylic acids is 1. The Morgan fingerprint density at radius 1 is 1.13 bits per heavy atom. The van der Waals surface area contributed by atoms with Crippen LogP contribution in [0.3, 0.4) is 0 Å². The number of hydrogen-bond donors (Lipinski definition) is 1. The molecule has 1 aromatic heterocycles. The molecule has 1 aliphatic carbocycles. The number of piperazine rings is 1. The minimum atomic E-state index is -3.43. The molecule has 0 unspecified atom stereocenters. The molecule has 200 valence electrons. The summed E-state index contributed by atoms with van der Waals surface area (Å²) in [4.78, 5) is 21.1. The van der Waals surface area contributed by atoms with Crippen LogP contribution < -0.4 is 4.74 Å². The van der Waals surface area contributed by atoms with Gasteiger partial charge in [0, 0.05) is 43.3 Å². The van der Waals surface area contributed by atoms with Crippen LogP contribution in [0.2, 0.25) is 0 Å². The third-order valence-corrected chi connectivity index (χ3v) is 9.30. The van der Waals surface area contributed by atoms with Gasteiger partial charge in [-0.25, -0.2) is 8.42 Å². The van der Waals surface area contributed by atoms with Crippen LogP contribution in [-0.4, -0.2) is 74.2 Å². The molecule has 5 rings (SSSR count). The molecule has 0 atom stereocenters. The minimum Gasteiger partial charge on any atom is -0.492 e. The normalized spacial score (nSPS) is 16.5. The van der Waals surface area contributed by atoms with Gasteiger partial charge in [-0.1, -0.05) is 6.92 Å². The second-order valence-electron chi connectivity index (χ2n) is 10.2. The fourth-order valence-electron chi connectivity index (χ4n) is 4.95. The number of rotatable bonds is 10. The van der Waals surface area contributed by atoms with Gasteiger partial charge in [-0.2, -0.15) is 5.26 Å². The Labute approximate surface area is 224 Å². The number of H-pyrrole nitrogens is 1. The van der Waals surface area contributed by atoms with Crippen LogP contribution >= 0.6 is 0 Å². The smallest absolute Gasteiger partial charge is 0.257 e. The van der Waals surface area contributed by atoms with Crippen LogP contribution in [0.15, 0.2) is 47.5 Å². The molecule has 1 saturated heterocycles. The van der Waals surface area contributed by atoms with E-state index in [1.54, 1.807) is 24.0 Å². The number of sulfone groups is 1. The van der Waals surface area contributed by atoms with Crippen molar-refractivity contribution in [1.29, 1.82) is 5.26 Å². The SMILES string of the molecule is CCS(=O)(=O)c1ccc(OCC2CC2)c(C(=O)N2CCN(CCCc3c[nH]c4ccc(C#N)cc34)CC2)c1. The largest absolute Gasteiger partial charge is 0.492 e. The van der Waals surface area contributed by atoms with Gasteiger partial charge in [-0.3, -0.25) is 9.69 Å². The summed E-state index contributed by atoms with van der Waals surface area (Å²) in [5.41, 5.74) is 3.26. The third kappa shape index (κ3) is 5.87. The van der Waals surface area contributed by atoms with Crippen molar-refractivity contribution in [1.82, 2.24) is 14.8 Å². The van der Waals surface area contributed by atoms with Crippen LogP contribution in [-0.2, 0) is 16.3 Å². The van der Waals surface area contributed by atoms with Gasteiger partial charge in [-0.15, -0.1) is 0 Å². The van der Waals surface area contributed by atoms with Crippen molar-refractivity contribution in [2.24, 2.45) is 5.92 Å². The summed E-state index contributed by atoms with van der Waals surface area (Å²) in [7, 11) is -3.43. The van der Waals surface area contributed by atoms with E-state index in [-0.39, 0.29) is 16.6 Å². The van der Waals surface area contributed by atoms with Gasteiger partial charge in [0.05, 0.1) is 34.5 Å². The molecule has 2 aliphatic rings. The Balaban J connectivity index is 1.19. The zero-order valence-corrected chi connectivity index (χ0v) is 22.6. The number of nitrogens with zero attached hydrogens (tertiary/aromatic N) is 3. The van der Waals surface area contributed by atoms with Crippen molar-refractivity contribution in [3.63, 3.8) is 0 Å². The number of nitriles is 1. The van der Waals surface area contributed by atoms with Gasteiger partial charge in [-0.05, 0) is 80.1 Å². The van der Waals surface area contributed by atoms with E-state index in [0.29, 0.717) is 42.5 Å². The number of hydrogen-bond acceptors (Lipinski definition) is 6. The van der Waals surface area contributed by atoms with E-state index in [2.05, 4.69) is 16.0 Å². The molecule has 1 saturated carbocycles. The van der Waals surface area contributed by atoms with Gasteiger partial charge in [0.2, 0.25) is 0 Å². The van der Waals surface area contributed by atoms with E-state index in [9.17, 15) is 18.5 Å². The number of aromatic amines is 1. The van der Waals surface area contributed by atoms with Gasteiger partial charge in [0.25, 0.3) is 5.91 Å². The molecular weight excluding hydrogens is 500 g/mol. The van der Waals surface area contributed by atoms with Crippen LogP contribution in [0, 0.1) is 17.2 Å². The summed E-state index contributed by atoms with van der Waals surface area (Å²) in [5, 5.41) is 10.3. The summed E-state index contributed by atoms with van der Waals surface area (Å²) >= 11 is 0. The molecule has 2 heterocycles. The van der Waals surface area contributed by atoms with Crippen molar-refractivity contribution in [2.45, 2.75) is 37.5 Å². The molecule has 3 aromatic rings. The quantitative estimate of drug-likeness (QED) is 0.421. The van der Waals surface area contributed by atoms with E-state index < -0.39 is 9.84 Å². The maximum atomic E-state index is 13.5. The zero-order valence-electron chi connectivity index (χ0n) is 21.8. The molecule has 2 fully saturated rings. The molecule has 2 aromatic carbocycles. The average molecular weight is 535 g/mol. The number of benzene rings is 2. The van der Waals surface area contributed by atoms with E-state index in [1.165, 1.54) is 11.6 Å². The first-order chi connectivity index (χ1) is 18.4. The lowest BCUT2D eigenvalue weighted by Crippen LogP contribution is -2.49. The van der Waals surface area contributed by atoms with Gasteiger partial charge in [0.15, 0.2) is 9.84 Å². The Bertz CT molecular complexity index is 1460. The molecule has 38 heavy (non-hydrogen) atoms. The van der Waals surface area contributed by atoms with Crippen LogP contribution in [0.5, 0.6) is 5.75 Å². The highest BCUT2D eigenvalue weighted by molar-refractivity contribution is 7.91. The van der Waals surface area contributed by atoms with Crippen LogP contribution in [0.25, 0.3) is 10.9 Å². The number of amides is 1. The van der Waals surface area contributed by atoms with E-state index in [1.807, 2.05) is 24.4 Å². The monoisotopic (exact) mass is 534 g/mol. The summed E-state index contributed by atoms with van der Waals surface area (Å²) < 4.78 is 30.9. The lowest BCUT2D eigenvalue weighted by atomic mass is 10.1. The lowest BCUT2D eigenvalue weighted by molar-refractivity contribution is 0.0631. The first-order valence-corrected chi connectivity index (χ1v) is 15.0. The number of aromatic nitrogens is 1. The fourth-order valence-corrected chi connectivity index (χ4v) is 5.85. The Morgan fingerprint density at radius 2 is 1.92 bits per heavy atom. The lowest BCUT2D eigenvalue weighted by Gasteiger charge is -2.35. The summed E-state index contributed by atoms with van der Waals surface area (Å²) in [6.07, 6.45) is 6.18. The predicted molar refractivity (Wildman–Crippen MR) is 146 cm³/mol. The first-order valence-electron chi connectivity index (χ1n) is 13.4. The number of nitrogens with one attached hydrogen (secondary N) is 1. The summed E-state index contributed by atoms with van der Waals surface area (Å²) in [5.74, 6) is 0.811. The standard InChI is InChI=1S/C29H34N4O4S/c1-2-38(35,36)24-8-10-28(37-20-21-5-6-21)26(17-24)29(34)33-14-12-32(13-15-33)11-3-4-23-19-31-27-9-7-22(18-30)16-25(23)27/h7-10,16-17,19,21,31H,2-6,11-15,20H2,1H3. The third-order valence-electron chi connectivity index (χ3n) is 7.57. The van der Waals surface area contributed by atoms with E-state index in [0.717, 1.165) is 56.2 Å². The van der Waals surface area contributed by atoms with E-state index >= 15 is 0 Å². The number of ether oxygens (including phenoxy) is 1. The molecule has 1 N–H and O–H groups in total. The second-order valence-corrected chi connectivity index (χ2v) is 12.5. The minimum absolute atomic E-state index is 0.0143. The van der Waals surface area contributed by atoms with Crippen molar-refractivity contribution in [3.8, 4) is 11.8 Å². The zero-order chi connectivity index (χ0) is 26.7. The molecule has 8 nitrogen and oxygen atoms in total. The highest BCUT2D eigenvalue weighted by Gasteiger charge is 2.28. The second kappa shape index (κ2) is 11.2. The molecule has 0 spiro atoms. The highest BCUT2D eigenvalue weighted by Crippen LogP contribution is 2.32. The number of carbonyl (C=O) groups is 1. The predicted octanol–water partition coefficient (Wildman–Crippen LogP) is 4.01. The summed E-state index contributed by atoms with van der Waals surface area (Å²) in [6.45, 7) is 5.80. The van der Waals surface area contributed by atoms with Crippen molar-refractivity contribution in [3.05, 3.63) is 59.3 Å². The topological polar surface area (TPSA) is 106 Å². The van der Waals surface area contributed by atoms with Gasteiger partial charge < -0.3 is 14.6 Å². The Hall–Kier alpha value is -3.35. The molecule has 0 radical (unpaired) electrons.